The zero-order chi connectivity index (χ0) is 18.8. The lowest BCUT2D eigenvalue weighted by Gasteiger charge is -2.33. The maximum Gasteiger partial charge on any atom is 0.471 e. The number of hydrogen-bond acceptors (Lipinski definition) is 5. The molecule has 0 atom stereocenters. The highest BCUT2D eigenvalue weighted by Gasteiger charge is 2.38. The number of benzene rings is 1. The van der Waals surface area contributed by atoms with E-state index in [9.17, 15) is 18.0 Å². The third-order valence-electron chi connectivity index (χ3n) is 4.52. The molecule has 0 unspecified atom stereocenters. The van der Waals surface area contributed by atoms with Gasteiger partial charge in [0.25, 0.3) is 5.91 Å². The average molecular weight is 405 g/mol. The number of halogens is 4. The summed E-state index contributed by atoms with van der Waals surface area (Å²) in [6.45, 7) is 0.396. The number of nitrogens with one attached hydrogen (secondary N) is 1. The Bertz CT molecular complexity index is 771. The van der Waals surface area contributed by atoms with Gasteiger partial charge in [0.05, 0.1) is 0 Å². The van der Waals surface area contributed by atoms with Gasteiger partial charge in [-0.2, -0.15) is 18.2 Å². The minimum Gasteiger partial charge on any atom is -0.350 e. The highest BCUT2D eigenvalue weighted by atomic mass is 35.5. The van der Waals surface area contributed by atoms with E-state index < -0.39 is 12.1 Å². The zero-order valence-electron chi connectivity index (χ0n) is 14.4. The van der Waals surface area contributed by atoms with Crippen molar-refractivity contribution in [2.75, 3.05) is 6.54 Å². The van der Waals surface area contributed by atoms with Gasteiger partial charge in [0.1, 0.15) is 0 Å². The first kappa shape index (κ1) is 21.2. The lowest BCUT2D eigenvalue weighted by Crippen LogP contribution is -2.51. The predicted octanol–water partition coefficient (Wildman–Crippen LogP) is 3.57. The van der Waals surface area contributed by atoms with Crippen LogP contribution in [0, 0.1) is 0 Å². The number of nitrogens with two attached hydrogens (primary N) is 1. The molecule has 0 radical (unpaired) electrons. The fourth-order valence-electron chi connectivity index (χ4n) is 3.02. The topological polar surface area (TPSA) is 94.0 Å². The summed E-state index contributed by atoms with van der Waals surface area (Å²) < 4.78 is 41.7. The van der Waals surface area contributed by atoms with E-state index in [1.165, 1.54) is 30.7 Å². The number of rotatable bonds is 4. The molecule has 0 bridgehead atoms. The molecule has 1 saturated carbocycles. The van der Waals surface area contributed by atoms with Gasteiger partial charge >= 0.3 is 12.1 Å². The summed E-state index contributed by atoms with van der Waals surface area (Å²) in [7, 11) is 0. The fraction of sp³-hybridized carbons (Fsp3) is 0.471. The first-order valence-corrected chi connectivity index (χ1v) is 8.35. The van der Waals surface area contributed by atoms with Crippen LogP contribution in [-0.2, 0) is 6.18 Å². The normalized spacial score (nSPS) is 16.4. The first-order valence-electron chi connectivity index (χ1n) is 8.35. The van der Waals surface area contributed by atoms with Gasteiger partial charge in [-0.15, -0.1) is 12.4 Å². The molecule has 1 aliphatic carbocycles. The molecule has 1 fully saturated rings. The standard InChI is InChI=1S/C17H19F3N4O2.ClH/c18-17(19,20)15-23-13(24-26-15)11-4-6-12(7-5-11)14(25)22-10-16(21)8-2-1-3-9-16;/h4-7H,1-3,8-10,21H2,(H,22,25);1H. The second kappa shape index (κ2) is 8.26. The third kappa shape index (κ3) is 5.20. The van der Waals surface area contributed by atoms with E-state index in [-0.39, 0.29) is 29.7 Å². The quantitative estimate of drug-likeness (QED) is 0.812. The average Bonchev–Trinajstić information content (AvgIpc) is 3.11. The highest BCUT2D eigenvalue weighted by Crippen LogP contribution is 2.29. The molecule has 1 aliphatic rings. The van der Waals surface area contributed by atoms with Gasteiger partial charge in [0.2, 0.25) is 5.82 Å². The van der Waals surface area contributed by atoms with Crippen molar-refractivity contribution in [2.24, 2.45) is 5.73 Å². The Balaban J connectivity index is 0.00000261. The van der Waals surface area contributed by atoms with Crippen LogP contribution < -0.4 is 11.1 Å². The van der Waals surface area contributed by atoms with Gasteiger partial charge in [-0.05, 0) is 25.0 Å². The molecule has 0 saturated heterocycles. The molecule has 27 heavy (non-hydrogen) atoms. The predicted molar refractivity (Wildman–Crippen MR) is 94.3 cm³/mol. The van der Waals surface area contributed by atoms with E-state index >= 15 is 0 Å². The van der Waals surface area contributed by atoms with Crippen LogP contribution in [0.25, 0.3) is 11.4 Å². The Morgan fingerprint density at radius 1 is 1.19 bits per heavy atom. The Morgan fingerprint density at radius 3 is 2.37 bits per heavy atom. The molecule has 0 spiro atoms. The van der Waals surface area contributed by atoms with Crippen LogP contribution in [0.4, 0.5) is 13.2 Å². The summed E-state index contributed by atoms with van der Waals surface area (Å²) >= 11 is 0. The first-order chi connectivity index (χ1) is 12.3. The molecular formula is C17H20ClF3N4O2. The monoisotopic (exact) mass is 404 g/mol. The number of nitrogens with zero attached hydrogens (tertiary/aromatic N) is 2. The van der Waals surface area contributed by atoms with Gasteiger partial charge in [-0.1, -0.05) is 36.6 Å². The third-order valence-corrected chi connectivity index (χ3v) is 4.52. The molecule has 1 aromatic heterocycles. The summed E-state index contributed by atoms with van der Waals surface area (Å²) in [6.07, 6.45) is 0.359. The molecule has 2 aromatic rings. The van der Waals surface area contributed by atoms with Crippen LogP contribution in [0.1, 0.15) is 48.4 Å². The van der Waals surface area contributed by atoms with Crippen LogP contribution in [0.3, 0.4) is 0 Å². The molecule has 3 N–H and O–H groups in total. The molecular weight excluding hydrogens is 385 g/mol. The maximum absolute atomic E-state index is 12.5. The summed E-state index contributed by atoms with van der Waals surface area (Å²) in [5.74, 6) is -1.88. The van der Waals surface area contributed by atoms with Crippen LogP contribution >= 0.6 is 12.4 Å². The number of amides is 1. The number of aromatic nitrogens is 2. The molecule has 6 nitrogen and oxygen atoms in total. The van der Waals surface area contributed by atoms with Gasteiger partial charge in [-0.3, -0.25) is 4.79 Å². The van der Waals surface area contributed by atoms with Crippen molar-refractivity contribution in [3.8, 4) is 11.4 Å². The number of carbonyl (C=O) groups excluding carboxylic acids is 1. The summed E-state index contributed by atoms with van der Waals surface area (Å²) in [6, 6.07) is 5.94. The van der Waals surface area contributed by atoms with Gasteiger partial charge in [0.15, 0.2) is 0 Å². The van der Waals surface area contributed by atoms with E-state index in [1.807, 2.05) is 0 Å². The summed E-state index contributed by atoms with van der Waals surface area (Å²) in [4.78, 5) is 15.6. The van der Waals surface area contributed by atoms with Gasteiger partial charge < -0.3 is 15.6 Å². The molecule has 148 valence electrons. The smallest absolute Gasteiger partial charge is 0.350 e. The summed E-state index contributed by atoms with van der Waals surface area (Å²) in [5.41, 5.74) is 6.63. The number of alkyl halides is 3. The Hall–Kier alpha value is -2.13. The largest absolute Gasteiger partial charge is 0.471 e. The van der Waals surface area contributed by atoms with Crippen LogP contribution in [0.2, 0.25) is 0 Å². The lowest BCUT2D eigenvalue weighted by molar-refractivity contribution is -0.159. The van der Waals surface area contributed by atoms with E-state index in [2.05, 4.69) is 20.0 Å². The Morgan fingerprint density at radius 2 is 1.81 bits per heavy atom. The molecule has 1 aromatic carbocycles. The van der Waals surface area contributed by atoms with Crippen molar-refractivity contribution in [3.63, 3.8) is 0 Å². The minimum atomic E-state index is -4.69. The zero-order valence-corrected chi connectivity index (χ0v) is 15.2. The van der Waals surface area contributed by atoms with E-state index in [0.717, 1.165) is 25.7 Å². The number of hydrogen-bond donors (Lipinski definition) is 2. The summed E-state index contributed by atoms with van der Waals surface area (Å²) in [5, 5.41) is 6.14. The molecule has 0 aliphatic heterocycles. The van der Waals surface area contributed by atoms with Crippen LogP contribution in [-0.4, -0.2) is 28.1 Å². The van der Waals surface area contributed by atoms with Crippen molar-refractivity contribution in [3.05, 3.63) is 35.7 Å². The van der Waals surface area contributed by atoms with E-state index in [0.29, 0.717) is 17.7 Å². The second-order valence-electron chi connectivity index (χ2n) is 6.60. The van der Waals surface area contributed by atoms with Crippen molar-refractivity contribution in [1.29, 1.82) is 0 Å². The van der Waals surface area contributed by atoms with Crippen molar-refractivity contribution < 1.29 is 22.5 Å². The van der Waals surface area contributed by atoms with E-state index in [4.69, 9.17) is 5.73 Å². The van der Waals surface area contributed by atoms with E-state index in [1.54, 1.807) is 0 Å². The second-order valence-corrected chi connectivity index (χ2v) is 6.60. The van der Waals surface area contributed by atoms with Crippen molar-refractivity contribution in [1.82, 2.24) is 15.5 Å². The van der Waals surface area contributed by atoms with Gasteiger partial charge in [-0.25, -0.2) is 0 Å². The van der Waals surface area contributed by atoms with Crippen molar-refractivity contribution in [2.45, 2.75) is 43.8 Å². The highest BCUT2D eigenvalue weighted by molar-refractivity contribution is 5.94. The maximum atomic E-state index is 12.5. The van der Waals surface area contributed by atoms with Crippen molar-refractivity contribution >= 4 is 18.3 Å². The SMILES string of the molecule is Cl.NC1(CNC(=O)c2ccc(-c3noc(C(F)(F)F)n3)cc2)CCCCC1. The Kier molecular flexibility index (Phi) is 6.48. The number of carbonyl (C=O) groups is 1. The molecule has 1 amide bonds. The fourth-order valence-corrected chi connectivity index (χ4v) is 3.02. The Labute approximate surface area is 160 Å². The molecule has 10 heteroatoms. The van der Waals surface area contributed by atoms with Crippen LogP contribution in [0.15, 0.2) is 28.8 Å². The lowest BCUT2D eigenvalue weighted by atomic mass is 9.82. The van der Waals surface area contributed by atoms with Crippen LogP contribution in [0.5, 0.6) is 0 Å². The molecule has 1 heterocycles. The van der Waals surface area contributed by atoms with Gasteiger partial charge in [0, 0.05) is 23.2 Å². The minimum absolute atomic E-state index is 0. The molecule has 3 rings (SSSR count).